The predicted octanol–water partition coefficient (Wildman–Crippen LogP) is 5.11. The molecule has 0 unspecified atom stereocenters. The number of amides is 1. The Bertz CT molecular complexity index is 956. The summed E-state index contributed by atoms with van der Waals surface area (Å²) in [5.41, 5.74) is 4.23. The molecule has 0 bridgehead atoms. The Labute approximate surface area is 165 Å². The molecule has 0 spiro atoms. The van der Waals surface area contributed by atoms with Crippen LogP contribution in [-0.2, 0) is 13.0 Å². The van der Waals surface area contributed by atoms with Crippen LogP contribution in [0.25, 0.3) is 11.1 Å². The number of pyridine rings is 1. The number of oxazole rings is 1. The highest BCUT2D eigenvalue weighted by atomic mass is 16.3. The van der Waals surface area contributed by atoms with E-state index in [1.165, 1.54) is 24.8 Å². The standard InChI is InChI=1S/C23H27N3O2/c1-3-16-9-11-19(24-14-16)15-26(2)23(27)18-10-12-20-21(13-18)28-22(25-20)17-7-5-4-6-8-17/h9-14,17H,3-8,15H2,1-2H3. The minimum Gasteiger partial charge on any atom is -0.440 e. The van der Waals surface area contributed by atoms with Crippen molar-refractivity contribution in [2.75, 3.05) is 7.05 Å². The Morgan fingerprint density at radius 1 is 1.18 bits per heavy atom. The highest BCUT2D eigenvalue weighted by Crippen LogP contribution is 2.33. The number of aromatic nitrogens is 2. The fourth-order valence-electron chi connectivity index (χ4n) is 3.89. The predicted molar refractivity (Wildman–Crippen MR) is 109 cm³/mol. The molecular formula is C23H27N3O2. The van der Waals surface area contributed by atoms with Crippen molar-refractivity contribution in [1.82, 2.24) is 14.9 Å². The average molecular weight is 377 g/mol. The molecule has 1 aliphatic carbocycles. The third kappa shape index (κ3) is 3.93. The van der Waals surface area contributed by atoms with Gasteiger partial charge in [0.2, 0.25) is 0 Å². The van der Waals surface area contributed by atoms with Crippen LogP contribution in [0, 0.1) is 0 Å². The van der Waals surface area contributed by atoms with Gasteiger partial charge in [0.15, 0.2) is 11.5 Å². The third-order valence-electron chi connectivity index (χ3n) is 5.65. The Morgan fingerprint density at radius 2 is 2.00 bits per heavy atom. The van der Waals surface area contributed by atoms with Crippen molar-refractivity contribution >= 4 is 17.0 Å². The zero-order valence-electron chi connectivity index (χ0n) is 16.6. The van der Waals surface area contributed by atoms with Gasteiger partial charge in [0, 0.05) is 24.7 Å². The van der Waals surface area contributed by atoms with Gasteiger partial charge in [-0.3, -0.25) is 9.78 Å². The van der Waals surface area contributed by atoms with Crippen LogP contribution in [0.5, 0.6) is 0 Å². The summed E-state index contributed by atoms with van der Waals surface area (Å²) in [7, 11) is 1.80. The lowest BCUT2D eigenvalue weighted by molar-refractivity contribution is 0.0783. The Morgan fingerprint density at radius 3 is 2.71 bits per heavy atom. The van der Waals surface area contributed by atoms with Crippen LogP contribution >= 0.6 is 0 Å². The summed E-state index contributed by atoms with van der Waals surface area (Å²) in [6.45, 7) is 2.58. The summed E-state index contributed by atoms with van der Waals surface area (Å²) >= 11 is 0. The van der Waals surface area contributed by atoms with E-state index in [1.54, 1.807) is 11.9 Å². The van der Waals surface area contributed by atoms with Crippen molar-refractivity contribution in [2.45, 2.75) is 57.9 Å². The van der Waals surface area contributed by atoms with E-state index in [0.717, 1.165) is 36.4 Å². The topological polar surface area (TPSA) is 59.2 Å². The summed E-state index contributed by atoms with van der Waals surface area (Å²) in [6.07, 6.45) is 8.91. The quantitative estimate of drug-likeness (QED) is 0.620. The Kier molecular flexibility index (Phi) is 5.42. The van der Waals surface area contributed by atoms with E-state index in [2.05, 4.69) is 23.0 Å². The normalized spacial score (nSPS) is 15.1. The summed E-state index contributed by atoms with van der Waals surface area (Å²) in [5.74, 6) is 1.20. The molecule has 146 valence electrons. The number of rotatable bonds is 5. The van der Waals surface area contributed by atoms with Gasteiger partial charge in [-0.15, -0.1) is 0 Å². The van der Waals surface area contributed by atoms with Gasteiger partial charge in [-0.2, -0.15) is 0 Å². The first-order chi connectivity index (χ1) is 13.6. The van der Waals surface area contributed by atoms with Gasteiger partial charge in [-0.1, -0.05) is 32.3 Å². The number of hydrogen-bond donors (Lipinski definition) is 0. The van der Waals surface area contributed by atoms with Crippen molar-refractivity contribution < 1.29 is 9.21 Å². The van der Waals surface area contributed by atoms with Gasteiger partial charge in [0.05, 0.1) is 12.2 Å². The van der Waals surface area contributed by atoms with Crippen LogP contribution in [0.15, 0.2) is 40.9 Å². The number of nitrogens with zero attached hydrogens (tertiary/aromatic N) is 3. The Balaban J connectivity index is 1.49. The molecule has 28 heavy (non-hydrogen) atoms. The van der Waals surface area contributed by atoms with Crippen molar-refractivity contribution in [3.8, 4) is 0 Å². The van der Waals surface area contributed by atoms with Crippen molar-refractivity contribution in [3.63, 3.8) is 0 Å². The van der Waals surface area contributed by atoms with E-state index < -0.39 is 0 Å². The average Bonchev–Trinajstić information content (AvgIpc) is 3.18. The summed E-state index contributed by atoms with van der Waals surface area (Å²) in [4.78, 5) is 23.7. The molecule has 1 fully saturated rings. The molecule has 1 amide bonds. The van der Waals surface area contributed by atoms with Crippen molar-refractivity contribution in [1.29, 1.82) is 0 Å². The van der Waals surface area contributed by atoms with Gasteiger partial charge >= 0.3 is 0 Å². The second-order valence-electron chi connectivity index (χ2n) is 7.74. The number of benzene rings is 1. The lowest BCUT2D eigenvalue weighted by atomic mass is 9.89. The lowest BCUT2D eigenvalue weighted by Gasteiger charge is -2.17. The fraction of sp³-hybridized carbons (Fsp3) is 0.435. The van der Waals surface area contributed by atoms with Crippen molar-refractivity contribution in [2.24, 2.45) is 0 Å². The molecule has 2 aromatic heterocycles. The molecule has 0 aliphatic heterocycles. The Hall–Kier alpha value is -2.69. The number of carbonyl (C=O) groups excluding carboxylic acids is 1. The van der Waals surface area contributed by atoms with Crippen LogP contribution in [0.2, 0.25) is 0 Å². The minimum absolute atomic E-state index is 0.0427. The van der Waals surface area contributed by atoms with Gasteiger partial charge in [-0.25, -0.2) is 4.98 Å². The monoisotopic (exact) mass is 377 g/mol. The van der Waals surface area contributed by atoms with Gasteiger partial charge in [-0.05, 0) is 49.1 Å². The molecule has 0 N–H and O–H groups in total. The number of hydrogen-bond acceptors (Lipinski definition) is 4. The largest absolute Gasteiger partial charge is 0.440 e. The van der Waals surface area contributed by atoms with Crippen LogP contribution in [0.4, 0.5) is 0 Å². The van der Waals surface area contributed by atoms with E-state index in [-0.39, 0.29) is 5.91 Å². The first-order valence-corrected chi connectivity index (χ1v) is 10.2. The molecule has 5 heteroatoms. The number of aryl methyl sites for hydroxylation is 1. The van der Waals surface area contributed by atoms with Crippen LogP contribution in [-0.4, -0.2) is 27.8 Å². The maximum absolute atomic E-state index is 12.9. The molecule has 2 heterocycles. The molecule has 0 radical (unpaired) electrons. The van der Waals surface area contributed by atoms with Gasteiger partial charge in [0.25, 0.3) is 5.91 Å². The molecule has 0 atom stereocenters. The molecule has 5 nitrogen and oxygen atoms in total. The van der Waals surface area contributed by atoms with Crippen LogP contribution in [0.3, 0.4) is 0 Å². The highest BCUT2D eigenvalue weighted by Gasteiger charge is 2.21. The summed E-state index contributed by atoms with van der Waals surface area (Å²) in [6, 6.07) is 9.59. The first-order valence-electron chi connectivity index (χ1n) is 10.2. The van der Waals surface area contributed by atoms with Crippen LogP contribution in [0.1, 0.15) is 72.5 Å². The second kappa shape index (κ2) is 8.13. The number of fused-ring (bicyclic) bond motifs is 1. The van der Waals surface area contributed by atoms with E-state index >= 15 is 0 Å². The molecule has 3 aromatic rings. The second-order valence-corrected chi connectivity index (χ2v) is 7.74. The summed E-state index contributed by atoms with van der Waals surface area (Å²) < 4.78 is 6.03. The first kappa shape index (κ1) is 18.7. The zero-order valence-corrected chi connectivity index (χ0v) is 16.6. The van der Waals surface area contributed by atoms with E-state index in [1.807, 2.05) is 30.5 Å². The van der Waals surface area contributed by atoms with E-state index in [4.69, 9.17) is 4.42 Å². The maximum atomic E-state index is 12.9. The highest BCUT2D eigenvalue weighted by molar-refractivity contribution is 5.96. The molecule has 1 aliphatic rings. The van der Waals surface area contributed by atoms with Gasteiger partial charge in [0.1, 0.15) is 5.52 Å². The molecule has 1 aromatic carbocycles. The van der Waals surface area contributed by atoms with Crippen LogP contribution < -0.4 is 0 Å². The molecule has 1 saturated carbocycles. The van der Waals surface area contributed by atoms with E-state index in [0.29, 0.717) is 23.6 Å². The third-order valence-corrected chi connectivity index (χ3v) is 5.65. The number of carbonyl (C=O) groups is 1. The van der Waals surface area contributed by atoms with Crippen molar-refractivity contribution in [3.05, 3.63) is 59.2 Å². The summed E-state index contributed by atoms with van der Waals surface area (Å²) in [5, 5.41) is 0. The molecular weight excluding hydrogens is 350 g/mol. The smallest absolute Gasteiger partial charge is 0.254 e. The lowest BCUT2D eigenvalue weighted by Crippen LogP contribution is -2.26. The minimum atomic E-state index is -0.0427. The SMILES string of the molecule is CCc1ccc(CN(C)C(=O)c2ccc3nc(C4CCCCC4)oc3c2)nc1. The van der Waals surface area contributed by atoms with Gasteiger partial charge < -0.3 is 9.32 Å². The maximum Gasteiger partial charge on any atom is 0.254 e. The molecule has 4 rings (SSSR count). The fourth-order valence-corrected chi connectivity index (χ4v) is 3.89. The van der Waals surface area contributed by atoms with E-state index in [9.17, 15) is 4.79 Å². The zero-order chi connectivity index (χ0) is 19.5. The molecule has 0 saturated heterocycles.